The van der Waals surface area contributed by atoms with Crippen LogP contribution in [-0.2, 0) is 6.61 Å². The first-order valence-electron chi connectivity index (χ1n) is 7.58. The number of benzene rings is 2. The summed E-state index contributed by atoms with van der Waals surface area (Å²) in [6.07, 6.45) is -0.299. The molecular weight excluding hydrogens is 380 g/mol. The van der Waals surface area contributed by atoms with Gasteiger partial charge in [0.15, 0.2) is 0 Å². The van der Waals surface area contributed by atoms with E-state index < -0.39 is 18.4 Å². The smallest absolute Gasteiger partial charge is 0.267 e. The van der Waals surface area contributed by atoms with Crippen molar-refractivity contribution in [3.8, 4) is 5.75 Å². The fraction of sp³-hybridized carbons (Fsp3) is 0.278. The molecule has 0 spiro atoms. The van der Waals surface area contributed by atoms with Gasteiger partial charge in [-0.3, -0.25) is 4.79 Å². The van der Waals surface area contributed by atoms with E-state index in [-0.39, 0.29) is 18.5 Å². The molecule has 1 fully saturated rings. The van der Waals surface area contributed by atoms with Gasteiger partial charge in [-0.15, -0.1) is 0 Å². The number of amides is 1. The van der Waals surface area contributed by atoms with Crippen molar-refractivity contribution in [2.75, 3.05) is 13.1 Å². The van der Waals surface area contributed by atoms with E-state index in [0.717, 1.165) is 5.56 Å². The Bertz CT molecular complexity index is 737. The number of carbonyl (C=O) groups excluding carboxylic acids is 1. The van der Waals surface area contributed by atoms with Gasteiger partial charge in [0, 0.05) is 17.4 Å². The number of rotatable bonds is 4. The summed E-state index contributed by atoms with van der Waals surface area (Å²) in [6.45, 7) is -0.189. The number of ether oxygens (including phenoxy) is 1. The lowest BCUT2D eigenvalue weighted by atomic mass is 10.1. The van der Waals surface area contributed by atoms with Crippen LogP contribution in [0.2, 0.25) is 0 Å². The monoisotopic (exact) mass is 395 g/mol. The standard InChI is InChI=1S/C18H16BrF2NO2/c19-14-6-7-16(24-11-13-4-2-1-3-5-13)15(10-14)17(23)22-9-8-18(20,21)12-22/h1-7,10H,8-9,11-12H2. The van der Waals surface area contributed by atoms with E-state index in [9.17, 15) is 13.6 Å². The highest BCUT2D eigenvalue weighted by Crippen LogP contribution is 2.31. The zero-order valence-corrected chi connectivity index (χ0v) is 14.4. The highest BCUT2D eigenvalue weighted by Gasteiger charge is 2.41. The van der Waals surface area contributed by atoms with Crippen molar-refractivity contribution in [2.24, 2.45) is 0 Å². The van der Waals surface area contributed by atoms with Crippen LogP contribution in [0.1, 0.15) is 22.3 Å². The van der Waals surface area contributed by atoms with Crippen LogP contribution in [0.4, 0.5) is 8.78 Å². The molecule has 0 saturated carbocycles. The van der Waals surface area contributed by atoms with Gasteiger partial charge in [0.25, 0.3) is 11.8 Å². The average Bonchev–Trinajstić information content (AvgIpc) is 2.94. The summed E-state index contributed by atoms with van der Waals surface area (Å²) in [7, 11) is 0. The number of alkyl halides is 2. The third-order valence-electron chi connectivity index (χ3n) is 3.87. The summed E-state index contributed by atoms with van der Waals surface area (Å²) in [5, 5.41) is 0. The van der Waals surface area contributed by atoms with E-state index in [1.165, 1.54) is 4.90 Å². The van der Waals surface area contributed by atoms with Gasteiger partial charge in [0.1, 0.15) is 12.4 Å². The van der Waals surface area contributed by atoms with Crippen LogP contribution in [0, 0.1) is 0 Å². The highest BCUT2D eigenvalue weighted by molar-refractivity contribution is 9.10. The lowest BCUT2D eigenvalue weighted by Gasteiger charge is -2.18. The minimum atomic E-state index is -2.81. The number of hydrogen-bond donors (Lipinski definition) is 0. The van der Waals surface area contributed by atoms with Crippen molar-refractivity contribution in [3.63, 3.8) is 0 Å². The molecule has 6 heteroatoms. The molecule has 1 aliphatic rings. The summed E-state index contributed by atoms with van der Waals surface area (Å²) in [5.41, 5.74) is 1.25. The number of nitrogens with zero attached hydrogens (tertiary/aromatic N) is 1. The van der Waals surface area contributed by atoms with Crippen molar-refractivity contribution < 1.29 is 18.3 Å². The molecular formula is C18H16BrF2NO2. The Balaban J connectivity index is 1.79. The average molecular weight is 396 g/mol. The van der Waals surface area contributed by atoms with Gasteiger partial charge in [0.05, 0.1) is 12.1 Å². The van der Waals surface area contributed by atoms with Gasteiger partial charge in [-0.25, -0.2) is 8.78 Å². The summed E-state index contributed by atoms with van der Waals surface area (Å²) >= 11 is 3.32. The first kappa shape index (κ1) is 16.9. The lowest BCUT2D eigenvalue weighted by molar-refractivity contribution is 0.0119. The van der Waals surface area contributed by atoms with Crippen molar-refractivity contribution in [3.05, 3.63) is 64.1 Å². The molecule has 0 unspecified atom stereocenters. The van der Waals surface area contributed by atoms with E-state index in [4.69, 9.17) is 4.74 Å². The Hall–Kier alpha value is -1.95. The van der Waals surface area contributed by atoms with Crippen molar-refractivity contribution in [1.29, 1.82) is 0 Å². The third kappa shape index (κ3) is 3.93. The molecule has 126 valence electrons. The Labute approximate surface area is 147 Å². The van der Waals surface area contributed by atoms with E-state index in [1.54, 1.807) is 18.2 Å². The molecule has 1 saturated heterocycles. The maximum absolute atomic E-state index is 13.4. The summed E-state index contributed by atoms with van der Waals surface area (Å²) in [5.74, 6) is -2.86. The van der Waals surface area contributed by atoms with Crippen LogP contribution >= 0.6 is 15.9 Å². The maximum Gasteiger partial charge on any atom is 0.267 e. The predicted molar refractivity (Wildman–Crippen MR) is 90.4 cm³/mol. The minimum Gasteiger partial charge on any atom is -0.488 e. The molecule has 0 bridgehead atoms. The summed E-state index contributed by atoms with van der Waals surface area (Å²) in [6, 6.07) is 14.6. The molecule has 0 aromatic heterocycles. The SMILES string of the molecule is O=C(c1cc(Br)ccc1OCc1ccccc1)N1CCC(F)(F)C1. The van der Waals surface area contributed by atoms with E-state index in [2.05, 4.69) is 15.9 Å². The molecule has 1 aliphatic heterocycles. The van der Waals surface area contributed by atoms with Gasteiger partial charge >= 0.3 is 0 Å². The van der Waals surface area contributed by atoms with Crippen LogP contribution in [0.5, 0.6) is 5.75 Å². The second-order valence-corrected chi connectivity index (χ2v) is 6.66. The maximum atomic E-state index is 13.4. The zero-order valence-electron chi connectivity index (χ0n) is 12.8. The lowest BCUT2D eigenvalue weighted by Crippen LogP contribution is -2.31. The largest absolute Gasteiger partial charge is 0.488 e. The Morgan fingerprint density at radius 3 is 2.62 bits per heavy atom. The Kier molecular flexibility index (Phi) is 4.85. The number of hydrogen-bond acceptors (Lipinski definition) is 2. The Morgan fingerprint density at radius 2 is 1.96 bits per heavy atom. The van der Waals surface area contributed by atoms with Gasteiger partial charge in [-0.1, -0.05) is 46.3 Å². The number of likely N-dealkylation sites (tertiary alicyclic amines) is 1. The molecule has 24 heavy (non-hydrogen) atoms. The number of halogens is 3. The molecule has 3 rings (SSSR count). The van der Waals surface area contributed by atoms with E-state index in [1.807, 2.05) is 30.3 Å². The molecule has 0 atom stereocenters. The van der Waals surface area contributed by atoms with E-state index >= 15 is 0 Å². The van der Waals surface area contributed by atoms with Gasteiger partial charge in [0.2, 0.25) is 0 Å². The molecule has 2 aromatic carbocycles. The summed E-state index contributed by atoms with van der Waals surface area (Å²) < 4.78 is 33.2. The molecule has 0 aliphatic carbocycles. The van der Waals surface area contributed by atoms with Crippen molar-refractivity contribution in [2.45, 2.75) is 19.0 Å². The van der Waals surface area contributed by atoms with Crippen LogP contribution < -0.4 is 4.74 Å². The van der Waals surface area contributed by atoms with Gasteiger partial charge in [-0.2, -0.15) is 0 Å². The quantitative estimate of drug-likeness (QED) is 0.761. The predicted octanol–water partition coefficient (Wildman–Crippen LogP) is 4.51. The first-order chi connectivity index (χ1) is 11.4. The zero-order chi connectivity index (χ0) is 17.2. The molecule has 0 radical (unpaired) electrons. The number of carbonyl (C=O) groups is 1. The topological polar surface area (TPSA) is 29.5 Å². The van der Waals surface area contributed by atoms with Crippen LogP contribution in [-0.4, -0.2) is 29.8 Å². The fourth-order valence-electron chi connectivity index (χ4n) is 2.61. The molecule has 0 N–H and O–H groups in total. The van der Waals surface area contributed by atoms with Crippen molar-refractivity contribution in [1.82, 2.24) is 4.90 Å². The molecule has 1 heterocycles. The highest BCUT2D eigenvalue weighted by atomic mass is 79.9. The van der Waals surface area contributed by atoms with Crippen LogP contribution in [0.15, 0.2) is 53.0 Å². The van der Waals surface area contributed by atoms with Gasteiger partial charge in [-0.05, 0) is 23.8 Å². The minimum absolute atomic E-state index is 0.0521. The first-order valence-corrected chi connectivity index (χ1v) is 8.37. The molecule has 1 amide bonds. The fourth-order valence-corrected chi connectivity index (χ4v) is 2.97. The van der Waals surface area contributed by atoms with Crippen LogP contribution in [0.3, 0.4) is 0 Å². The summed E-state index contributed by atoms with van der Waals surface area (Å²) in [4.78, 5) is 13.8. The Morgan fingerprint density at radius 1 is 1.21 bits per heavy atom. The molecule has 3 nitrogen and oxygen atoms in total. The second kappa shape index (κ2) is 6.89. The normalized spacial score (nSPS) is 16.2. The van der Waals surface area contributed by atoms with Gasteiger partial charge < -0.3 is 9.64 Å². The van der Waals surface area contributed by atoms with Crippen LogP contribution in [0.25, 0.3) is 0 Å². The van der Waals surface area contributed by atoms with E-state index in [0.29, 0.717) is 16.8 Å². The van der Waals surface area contributed by atoms with Crippen molar-refractivity contribution >= 4 is 21.8 Å². The third-order valence-corrected chi connectivity index (χ3v) is 4.36. The molecule has 2 aromatic rings. The second-order valence-electron chi connectivity index (χ2n) is 5.75.